The topological polar surface area (TPSA) is 43.4 Å². The standard InChI is InChI=1S/C17H28N2O2/c1-13-14(11-18-17(2,3)4)8-9-16(19-13)21-12-15-7-5-6-10-20-15/h8-9,15,18H,5-7,10-12H2,1-4H3. The van der Waals surface area contributed by atoms with Crippen molar-refractivity contribution in [1.82, 2.24) is 10.3 Å². The average molecular weight is 292 g/mol. The maximum Gasteiger partial charge on any atom is 0.213 e. The van der Waals surface area contributed by atoms with Crippen molar-refractivity contribution in [3.8, 4) is 5.88 Å². The first-order valence-electron chi connectivity index (χ1n) is 7.90. The van der Waals surface area contributed by atoms with Gasteiger partial charge in [0.2, 0.25) is 5.88 Å². The highest BCUT2D eigenvalue weighted by Gasteiger charge is 2.15. The van der Waals surface area contributed by atoms with Crippen LogP contribution in [-0.4, -0.2) is 29.8 Å². The van der Waals surface area contributed by atoms with E-state index in [-0.39, 0.29) is 11.6 Å². The third kappa shape index (κ3) is 5.64. The van der Waals surface area contributed by atoms with Crippen molar-refractivity contribution in [1.29, 1.82) is 0 Å². The fourth-order valence-corrected chi connectivity index (χ4v) is 2.31. The van der Waals surface area contributed by atoms with Gasteiger partial charge in [0.1, 0.15) is 6.61 Å². The van der Waals surface area contributed by atoms with Gasteiger partial charge in [0.05, 0.1) is 6.10 Å². The third-order valence-corrected chi connectivity index (χ3v) is 3.67. The molecule has 0 bridgehead atoms. The lowest BCUT2D eigenvalue weighted by Gasteiger charge is -2.23. The SMILES string of the molecule is Cc1nc(OCC2CCCCO2)ccc1CNC(C)(C)C. The lowest BCUT2D eigenvalue weighted by molar-refractivity contribution is -0.0119. The number of aromatic nitrogens is 1. The molecule has 0 radical (unpaired) electrons. The second kappa shape index (κ2) is 7.23. The van der Waals surface area contributed by atoms with Gasteiger partial charge in [-0.2, -0.15) is 0 Å². The maximum atomic E-state index is 5.77. The molecule has 4 heteroatoms. The molecule has 1 fully saturated rings. The Labute approximate surface area is 128 Å². The minimum Gasteiger partial charge on any atom is -0.475 e. The van der Waals surface area contributed by atoms with Crippen molar-refractivity contribution in [2.45, 2.75) is 65.1 Å². The van der Waals surface area contributed by atoms with Gasteiger partial charge in [0, 0.05) is 30.5 Å². The van der Waals surface area contributed by atoms with Gasteiger partial charge in [-0.15, -0.1) is 0 Å². The minimum absolute atomic E-state index is 0.111. The van der Waals surface area contributed by atoms with Crippen LogP contribution in [0.3, 0.4) is 0 Å². The maximum absolute atomic E-state index is 5.77. The monoisotopic (exact) mass is 292 g/mol. The zero-order chi connectivity index (χ0) is 15.3. The van der Waals surface area contributed by atoms with Crippen molar-refractivity contribution >= 4 is 0 Å². The summed E-state index contributed by atoms with van der Waals surface area (Å²) in [5.41, 5.74) is 2.35. The molecule has 4 nitrogen and oxygen atoms in total. The lowest BCUT2D eigenvalue weighted by atomic mass is 10.1. The Hall–Kier alpha value is -1.13. The highest BCUT2D eigenvalue weighted by Crippen LogP contribution is 2.17. The Morgan fingerprint density at radius 2 is 2.14 bits per heavy atom. The number of hydrogen-bond acceptors (Lipinski definition) is 4. The molecule has 118 valence electrons. The van der Waals surface area contributed by atoms with Crippen molar-refractivity contribution in [3.63, 3.8) is 0 Å². The van der Waals surface area contributed by atoms with Crippen LogP contribution in [0, 0.1) is 6.92 Å². The van der Waals surface area contributed by atoms with Gasteiger partial charge in [0.15, 0.2) is 0 Å². The summed E-state index contributed by atoms with van der Waals surface area (Å²) < 4.78 is 11.4. The van der Waals surface area contributed by atoms with E-state index in [2.05, 4.69) is 37.1 Å². The number of hydrogen-bond donors (Lipinski definition) is 1. The van der Waals surface area contributed by atoms with Crippen molar-refractivity contribution in [2.75, 3.05) is 13.2 Å². The van der Waals surface area contributed by atoms with E-state index in [0.29, 0.717) is 12.5 Å². The highest BCUT2D eigenvalue weighted by molar-refractivity contribution is 5.25. The Balaban J connectivity index is 1.86. The van der Waals surface area contributed by atoms with Gasteiger partial charge in [-0.3, -0.25) is 0 Å². The number of nitrogens with one attached hydrogen (secondary N) is 1. The highest BCUT2D eigenvalue weighted by atomic mass is 16.5. The summed E-state index contributed by atoms with van der Waals surface area (Å²) in [6, 6.07) is 4.05. The van der Waals surface area contributed by atoms with Crippen LogP contribution in [0.1, 0.15) is 51.3 Å². The predicted octanol–water partition coefficient (Wildman–Crippen LogP) is 3.23. The molecule has 1 aromatic heterocycles. The number of nitrogens with zero attached hydrogens (tertiary/aromatic N) is 1. The molecule has 21 heavy (non-hydrogen) atoms. The second-order valence-electron chi connectivity index (χ2n) is 6.80. The molecule has 0 amide bonds. The van der Waals surface area contributed by atoms with Crippen molar-refractivity contribution in [2.24, 2.45) is 0 Å². The van der Waals surface area contributed by atoms with E-state index in [1.807, 2.05) is 13.0 Å². The van der Waals surface area contributed by atoms with Gasteiger partial charge in [0.25, 0.3) is 0 Å². The Morgan fingerprint density at radius 1 is 1.33 bits per heavy atom. The molecule has 0 aliphatic carbocycles. The number of pyridine rings is 1. The zero-order valence-corrected chi connectivity index (χ0v) is 13.7. The van der Waals surface area contributed by atoms with E-state index in [4.69, 9.17) is 9.47 Å². The van der Waals surface area contributed by atoms with Crippen LogP contribution in [0.15, 0.2) is 12.1 Å². The first-order chi connectivity index (χ1) is 9.94. The predicted molar refractivity (Wildman–Crippen MR) is 84.7 cm³/mol. The van der Waals surface area contributed by atoms with Crippen LogP contribution < -0.4 is 10.1 Å². The van der Waals surface area contributed by atoms with Crippen LogP contribution in [0.2, 0.25) is 0 Å². The van der Waals surface area contributed by atoms with Gasteiger partial charge in [-0.05, 0) is 52.5 Å². The van der Waals surface area contributed by atoms with E-state index in [0.717, 1.165) is 25.3 Å². The van der Waals surface area contributed by atoms with Gasteiger partial charge >= 0.3 is 0 Å². The average Bonchev–Trinajstić information content (AvgIpc) is 2.44. The van der Waals surface area contributed by atoms with Gasteiger partial charge in [-0.1, -0.05) is 6.07 Å². The zero-order valence-electron chi connectivity index (χ0n) is 13.7. The molecular formula is C17H28N2O2. The summed E-state index contributed by atoms with van der Waals surface area (Å²) in [6.45, 7) is 10.8. The molecule has 2 heterocycles. The van der Waals surface area contributed by atoms with Crippen LogP contribution in [0.4, 0.5) is 0 Å². The van der Waals surface area contributed by atoms with Gasteiger partial charge in [-0.25, -0.2) is 4.98 Å². The number of ether oxygens (including phenoxy) is 2. The molecule has 0 spiro atoms. The summed E-state index contributed by atoms with van der Waals surface area (Å²) in [7, 11) is 0. The molecular weight excluding hydrogens is 264 g/mol. The fourth-order valence-electron chi connectivity index (χ4n) is 2.31. The van der Waals surface area contributed by atoms with Gasteiger partial charge < -0.3 is 14.8 Å². The minimum atomic E-state index is 0.111. The number of rotatable bonds is 5. The number of aryl methyl sites for hydroxylation is 1. The van der Waals surface area contributed by atoms with E-state index >= 15 is 0 Å². The summed E-state index contributed by atoms with van der Waals surface area (Å²) in [6.07, 6.45) is 3.72. The van der Waals surface area contributed by atoms with Crippen LogP contribution in [0.5, 0.6) is 5.88 Å². The molecule has 1 aliphatic rings. The summed E-state index contributed by atoms with van der Waals surface area (Å²) in [5.74, 6) is 0.696. The Morgan fingerprint density at radius 3 is 2.76 bits per heavy atom. The van der Waals surface area contributed by atoms with Crippen molar-refractivity contribution < 1.29 is 9.47 Å². The lowest BCUT2D eigenvalue weighted by Crippen LogP contribution is -2.35. The molecule has 0 saturated carbocycles. The van der Waals surface area contributed by atoms with E-state index < -0.39 is 0 Å². The molecule has 0 aromatic carbocycles. The first kappa shape index (κ1) is 16.2. The summed E-state index contributed by atoms with van der Waals surface area (Å²) >= 11 is 0. The summed E-state index contributed by atoms with van der Waals surface area (Å²) in [4.78, 5) is 4.54. The van der Waals surface area contributed by atoms with E-state index in [9.17, 15) is 0 Å². The molecule has 1 saturated heterocycles. The quantitative estimate of drug-likeness (QED) is 0.905. The molecule has 1 aromatic rings. The van der Waals surface area contributed by atoms with Crippen LogP contribution in [-0.2, 0) is 11.3 Å². The Kier molecular flexibility index (Phi) is 5.59. The normalized spacial score (nSPS) is 19.5. The van der Waals surface area contributed by atoms with Crippen molar-refractivity contribution in [3.05, 3.63) is 23.4 Å². The smallest absolute Gasteiger partial charge is 0.213 e. The first-order valence-corrected chi connectivity index (χ1v) is 7.90. The van der Waals surface area contributed by atoms with E-state index in [1.54, 1.807) is 0 Å². The molecule has 1 atom stereocenters. The van der Waals surface area contributed by atoms with Crippen LogP contribution in [0.25, 0.3) is 0 Å². The largest absolute Gasteiger partial charge is 0.475 e. The summed E-state index contributed by atoms with van der Waals surface area (Å²) in [5, 5.41) is 3.48. The molecule has 1 N–H and O–H groups in total. The molecule has 2 rings (SSSR count). The second-order valence-corrected chi connectivity index (χ2v) is 6.80. The third-order valence-electron chi connectivity index (χ3n) is 3.67. The molecule has 1 unspecified atom stereocenters. The molecule has 1 aliphatic heterocycles. The van der Waals surface area contributed by atoms with Crippen LogP contribution >= 0.6 is 0 Å². The van der Waals surface area contributed by atoms with E-state index in [1.165, 1.54) is 18.4 Å². The fraction of sp³-hybridized carbons (Fsp3) is 0.706. The Bertz CT molecular complexity index is 449.